The fraction of sp³-hybridized carbons (Fsp3) is 0.700. The van der Waals surface area contributed by atoms with E-state index in [-0.39, 0.29) is 0 Å². The first-order valence-electron chi connectivity index (χ1n) is 5.03. The molecule has 0 aliphatic carbocycles. The van der Waals surface area contributed by atoms with E-state index in [0.29, 0.717) is 0 Å². The first kappa shape index (κ1) is 11.2. The lowest BCUT2D eigenvalue weighted by molar-refractivity contribution is 0.136. The Morgan fingerprint density at radius 2 is 2.36 bits per heavy atom. The van der Waals surface area contributed by atoms with Gasteiger partial charge in [0.05, 0.1) is 19.3 Å². The van der Waals surface area contributed by atoms with Crippen molar-refractivity contribution in [2.24, 2.45) is 0 Å². The average Bonchev–Trinajstić information content (AvgIpc) is 2.51. The van der Waals surface area contributed by atoms with Gasteiger partial charge in [-0.1, -0.05) is 0 Å². The minimum atomic E-state index is 0.734. The van der Waals surface area contributed by atoms with Gasteiger partial charge in [0, 0.05) is 24.4 Å². The van der Waals surface area contributed by atoms with Gasteiger partial charge in [0.15, 0.2) is 0 Å². The summed E-state index contributed by atoms with van der Waals surface area (Å²) in [5.74, 6) is 0. The molecule has 0 aliphatic heterocycles. The van der Waals surface area contributed by atoms with E-state index in [1.165, 1.54) is 11.3 Å². The maximum Gasteiger partial charge on any atom is 0.0662 e. The lowest BCUT2D eigenvalue weighted by Crippen LogP contribution is -2.10. The Bertz CT molecular complexity index is 270. The van der Waals surface area contributed by atoms with Crippen LogP contribution in [-0.4, -0.2) is 30.0 Å². The fourth-order valence-corrected chi connectivity index (χ4v) is 1.37. The molecular formula is C10H19N3O. The van der Waals surface area contributed by atoms with Crippen molar-refractivity contribution in [3.8, 4) is 0 Å². The van der Waals surface area contributed by atoms with Gasteiger partial charge < -0.3 is 10.1 Å². The largest absolute Gasteiger partial charge is 0.380 e. The van der Waals surface area contributed by atoms with Crippen LogP contribution >= 0.6 is 0 Å². The first-order chi connectivity index (χ1) is 6.79. The van der Waals surface area contributed by atoms with Crippen LogP contribution < -0.4 is 5.32 Å². The van der Waals surface area contributed by atoms with Crippen LogP contribution in [0.5, 0.6) is 0 Å². The number of hydrogen-bond acceptors (Lipinski definition) is 3. The molecule has 0 amide bonds. The Balaban J connectivity index is 2.51. The van der Waals surface area contributed by atoms with Crippen LogP contribution in [-0.2, 0) is 17.8 Å². The highest BCUT2D eigenvalue weighted by molar-refractivity contribution is 5.15. The maximum absolute atomic E-state index is 5.29. The lowest BCUT2D eigenvalue weighted by Gasteiger charge is -2.05. The Kier molecular flexibility index (Phi) is 4.62. The van der Waals surface area contributed by atoms with E-state index < -0.39 is 0 Å². The molecule has 1 rings (SSSR count). The molecule has 4 heteroatoms. The second kappa shape index (κ2) is 5.78. The molecule has 0 atom stereocenters. The molecule has 4 nitrogen and oxygen atoms in total. The van der Waals surface area contributed by atoms with Crippen LogP contribution in [0.25, 0.3) is 0 Å². The highest BCUT2D eigenvalue weighted by Crippen LogP contribution is 2.06. The Hall–Kier alpha value is -0.870. The highest BCUT2D eigenvalue weighted by atomic mass is 16.5. The van der Waals surface area contributed by atoms with E-state index >= 15 is 0 Å². The van der Waals surface area contributed by atoms with Gasteiger partial charge in [-0.15, -0.1) is 0 Å². The van der Waals surface area contributed by atoms with Gasteiger partial charge in [-0.3, -0.25) is 4.68 Å². The number of nitrogens with one attached hydrogen (secondary N) is 1. The standard InChI is InChI=1S/C10H19N3O/c1-4-14-6-5-13-9(2)10(7-11-3)8-12-13/h8,11H,4-7H2,1-3H3. The van der Waals surface area contributed by atoms with Crippen molar-refractivity contribution in [2.75, 3.05) is 20.3 Å². The normalized spacial score (nSPS) is 10.8. The SMILES string of the molecule is CCOCCn1ncc(CNC)c1C. The first-order valence-corrected chi connectivity index (χ1v) is 5.03. The third-order valence-electron chi connectivity index (χ3n) is 2.22. The zero-order valence-electron chi connectivity index (χ0n) is 9.21. The van der Waals surface area contributed by atoms with Crippen LogP contribution in [0.2, 0.25) is 0 Å². The smallest absolute Gasteiger partial charge is 0.0662 e. The van der Waals surface area contributed by atoms with E-state index in [2.05, 4.69) is 17.3 Å². The number of ether oxygens (including phenoxy) is 1. The number of aromatic nitrogens is 2. The van der Waals surface area contributed by atoms with Gasteiger partial charge in [-0.2, -0.15) is 5.10 Å². The van der Waals surface area contributed by atoms with E-state index in [9.17, 15) is 0 Å². The molecule has 0 spiro atoms. The highest BCUT2D eigenvalue weighted by Gasteiger charge is 2.04. The Labute approximate surface area is 85.3 Å². The predicted molar refractivity (Wildman–Crippen MR) is 56.2 cm³/mol. The van der Waals surface area contributed by atoms with E-state index in [4.69, 9.17) is 4.74 Å². The second-order valence-electron chi connectivity index (χ2n) is 3.21. The minimum absolute atomic E-state index is 0.734. The van der Waals surface area contributed by atoms with Crippen LogP contribution in [0.15, 0.2) is 6.20 Å². The molecule has 0 fully saturated rings. The van der Waals surface area contributed by atoms with Crippen molar-refractivity contribution < 1.29 is 4.74 Å². The van der Waals surface area contributed by atoms with E-state index in [1.54, 1.807) is 0 Å². The van der Waals surface area contributed by atoms with Gasteiger partial charge >= 0.3 is 0 Å². The van der Waals surface area contributed by atoms with Crippen molar-refractivity contribution in [2.45, 2.75) is 26.9 Å². The van der Waals surface area contributed by atoms with Crippen LogP contribution in [0, 0.1) is 6.92 Å². The zero-order chi connectivity index (χ0) is 10.4. The summed E-state index contributed by atoms with van der Waals surface area (Å²) in [7, 11) is 1.94. The molecule has 0 unspecified atom stereocenters. The molecule has 80 valence electrons. The predicted octanol–water partition coefficient (Wildman–Crippen LogP) is 0.947. The third-order valence-corrected chi connectivity index (χ3v) is 2.22. The molecule has 14 heavy (non-hydrogen) atoms. The van der Waals surface area contributed by atoms with Crippen molar-refractivity contribution in [3.63, 3.8) is 0 Å². The third kappa shape index (κ3) is 2.82. The van der Waals surface area contributed by atoms with Gasteiger partial charge in [0.2, 0.25) is 0 Å². The molecule has 1 N–H and O–H groups in total. The summed E-state index contributed by atoms with van der Waals surface area (Å²) in [4.78, 5) is 0. The minimum Gasteiger partial charge on any atom is -0.380 e. The molecule has 1 heterocycles. The van der Waals surface area contributed by atoms with Gasteiger partial charge in [0.25, 0.3) is 0 Å². The summed E-state index contributed by atoms with van der Waals surface area (Å²) < 4.78 is 7.27. The van der Waals surface area contributed by atoms with E-state index in [0.717, 1.165) is 26.3 Å². The van der Waals surface area contributed by atoms with Crippen LogP contribution in [0.4, 0.5) is 0 Å². The summed E-state index contributed by atoms with van der Waals surface area (Å²) in [5, 5.41) is 7.42. The molecule has 0 bridgehead atoms. The number of nitrogens with zero attached hydrogens (tertiary/aromatic N) is 2. The number of hydrogen-bond donors (Lipinski definition) is 1. The molecular weight excluding hydrogens is 178 g/mol. The fourth-order valence-electron chi connectivity index (χ4n) is 1.37. The quantitative estimate of drug-likeness (QED) is 0.690. The van der Waals surface area contributed by atoms with E-state index in [1.807, 2.05) is 24.9 Å². The molecule has 0 saturated carbocycles. The molecule has 1 aromatic heterocycles. The van der Waals surface area contributed by atoms with Crippen molar-refractivity contribution in [1.82, 2.24) is 15.1 Å². The maximum atomic E-state index is 5.29. The molecule has 0 aromatic carbocycles. The summed E-state index contributed by atoms with van der Waals surface area (Å²) in [5.41, 5.74) is 2.48. The summed E-state index contributed by atoms with van der Waals surface area (Å²) >= 11 is 0. The average molecular weight is 197 g/mol. The van der Waals surface area contributed by atoms with Crippen LogP contribution in [0.1, 0.15) is 18.2 Å². The van der Waals surface area contributed by atoms with Gasteiger partial charge in [-0.25, -0.2) is 0 Å². The summed E-state index contributed by atoms with van der Waals surface area (Å²) in [6.07, 6.45) is 1.91. The van der Waals surface area contributed by atoms with Crippen molar-refractivity contribution in [3.05, 3.63) is 17.5 Å². The Morgan fingerprint density at radius 1 is 1.57 bits per heavy atom. The molecule has 0 radical (unpaired) electrons. The number of rotatable bonds is 6. The summed E-state index contributed by atoms with van der Waals surface area (Å²) in [6.45, 7) is 7.31. The van der Waals surface area contributed by atoms with Crippen molar-refractivity contribution >= 4 is 0 Å². The topological polar surface area (TPSA) is 39.1 Å². The summed E-state index contributed by atoms with van der Waals surface area (Å²) in [6, 6.07) is 0. The van der Waals surface area contributed by atoms with Gasteiger partial charge in [0.1, 0.15) is 0 Å². The molecule has 1 aromatic rings. The van der Waals surface area contributed by atoms with Crippen molar-refractivity contribution in [1.29, 1.82) is 0 Å². The second-order valence-corrected chi connectivity index (χ2v) is 3.21. The lowest BCUT2D eigenvalue weighted by atomic mass is 10.2. The monoisotopic (exact) mass is 197 g/mol. The molecule has 0 aliphatic rings. The zero-order valence-corrected chi connectivity index (χ0v) is 9.21. The molecule has 0 saturated heterocycles. The van der Waals surface area contributed by atoms with Crippen LogP contribution in [0.3, 0.4) is 0 Å². The van der Waals surface area contributed by atoms with Gasteiger partial charge in [-0.05, 0) is 20.9 Å². The Morgan fingerprint density at radius 3 is 3.00 bits per heavy atom.